The smallest absolute Gasteiger partial charge is 0.275 e. The Morgan fingerprint density at radius 3 is 2.49 bits per heavy atom. The maximum absolute atomic E-state index is 13.7. The summed E-state index contributed by atoms with van der Waals surface area (Å²) in [5.41, 5.74) is 4.72. The van der Waals surface area contributed by atoms with E-state index in [4.69, 9.17) is 27.9 Å². The van der Waals surface area contributed by atoms with Gasteiger partial charge in [-0.15, -0.1) is 0 Å². The monoisotopic (exact) mass is 603 g/mol. The third-order valence-corrected chi connectivity index (χ3v) is 9.19. The summed E-state index contributed by atoms with van der Waals surface area (Å²) >= 11 is 16.2. The average molecular weight is 605 g/mol. The third kappa shape index (κ3) is 4.23. The number of ether oxygens (including phenoxy) is 1. The minimum Gasteiger partial charge on any atom is -0.496 e. The number of carbonyl (C=O) groups excluding carboxylic acids is 2. The summed E-state index contributed by atoms with van der Waals surface area (Å²) in [4.78, 5) is 30.0. The normalized spacial score (nSPS) is 16.5. The maximum atomic E-state index is 13.7. The van der Waals surface area contributed by atoms with E-state index in [0.29, 0.717) is 45.5 Å². The van der Waals surface area contributed by atoms with Gasteiger partial charge >= 0.3 is 0 Å². The van der Waals surface area contributed by atoms with Crippen LogP contribution in [0.5, 0.6) is 5.75 Å². The Balaban J connectivity index is 1.56. The number of H-pyrrole nitrogens is 1. The highest BCUT2D eigenvalue weighted by molar-refractivity contribution is 9.10. The van der Waals surface area contributed by atoms with Gasteiger partial charge in [-0.05, 0) is 84.9 Å². The van der Waals surface area contributed by atoms with Crippen molar-refractivity contribution in [1.82, 2.24) is 20.0 Å². The van der Waals surface area contributed by atoms with Crippen LogP contribution in [-0.2, 0) is 17.6 Å². The summed E-state index contributed by atoms with van der Waals surface area (Å²) < 4.78 is 6.35. The van der Waals surface area contributed by atoms with Crippen molar-refractivity contribution in [3.05, 3.63) is 62.1 Å². The molecule has 1 radical (unpaired) electrons. The number of piperazine rings is 1. The van der Waals surface area contributed by atoms with E-state index in [0.717, 1.165) is 39.9 Å². The Morgan fingerprint density at radius 2 is 1.84 bits per heavy atom. The summed E-state index contributed by atoms with van der Waals surface area (Å²) in [7, 11) is 1.63. The molecule has 1 saturated heterocycles. The topological polar surface area (TPSA) is 78.5 Å². The molecular formula is C27H26BrCl2N4O3. The largest absolute Gasteiger partial charge is 0.496 e. The lowest BCUT2D eigenvalue weighted by Gasteiger charge is -2.45. The highest BCUT2D eigenvalue weighted by atomic mass is 79.9. The second-order valence-corrected chi connectivity index (χ2v) is 11.3. The summed E-state index contributed by atoms with van der Waals surface area (Å²) in [6, 6.07) is 7.71. The molecule has 2 amide bonds. The zero-order chi connectivity index (χ0) is 26.6. The fraction of sp³-hybridized carbons (Fsp3) is 0.333. The molecule has 10 heteroatoms. The molecule has 1 aromatic heterocycles. The van der Waals surface area contributed by atoms with Crippen molar-refractivity contribution in [2.45, 2.75) is 39.2 Å². The second kappa shape index (κ2) is 9.64. The van der Waals surface area contributed by atoms with Crippen LogP contribution in [0, 0.1) is 6.54 Å². The van der Waals surface area contributed by atoms with Crippen molar-refractivity contribution in [3.8, 4) is 28.1 Å². The highest BCUT2D eigenvalue weighted by Crippen LogP contribution is 2.44. The molecule has 0 unspecified atom stereocenters. The number of amides is 2. The Kier molecular flexibility index (Phi) is 6.79. The van der Waals surface area contributed by atoms with Crippen molar-refractivity contribution in [2.24, 2.45) is 0 Å². The number of fused-ring (bicyclic) bond motifs is 3. The number of nitrogens with zero attached hydrogens (tertiary/aromatic N) is 3. The zero-order valence-electron chi connectivity index (χ0n) is 20.9. The predicted molar refractivity (Wildman–Crippen MR) is 148 cm³/mol. The quantitative estimate of drug-likeness (QED) is 0.362. The van der Waals surface area contributed by atoms with Gasteiger partial charge in [0.25, 0.3) is 5.91 Å². The van der Waals surface area contributed by atoms with Gasteiger partial charge in [0.2, 0.25) is 5.91 Å². The molecule has 2 aromatic carbocycles. The number of methoxy groups -OCH3 is 1. The van der Waals surface area contributed by atoms with Crippen molar-refractivity contribution in [2.75, 3.05) is 20.2 Å². The Morgan fingerprint density at radius 1 is 1.14 bits per heavy atom. The predicted octanol–water partition coefficient (Wildman–Crippen LogP) is 6.16. The molecule has 0 spiro atoms. The molecule has 193 valence electrons. The molecule has 2 aliphatic rings. The first-order valence-electron chi connectivity index (χ1n) is 11.9. The van der Waals surface area contributed by atoms with Crippen molar-refractivity contribution < 1.29 is 14.3 Å². The number of carbonyl (C=O) groups is 2. The van der Waals surface area contributed by atoms with Gasteiger partial charge in [-0.3, -0.25) is 14.7 Å². The molecule has 2 heterocycles. The van der Waals surface area contributed by atoms with Crippen LogP contribution in [0.1, 0.15) is 42.4 Å². The number of rotatable bonds is 4. The number of aromatic amines is 1. The SMILES string of the molecule is C[CH]N1CCN(C(=O)c2n[nH]c3c2CCc2cc(OC)c(-c4cc(Cl)c(Br)c(Cl)c4)cc2-3)C(C)(C)C1=O. The van der Waals surface area contributed by atoms with E-state index in [-0.39, 0.29) is 11.8 Å². The summed E-state index contributed by atoms with van der Waals surface area (Å²) in [5.74, 6) is 0.362. The summed E-state index contributed by atoms with van der Waals surface area (Å²) in [6.07, 6.45) is 1.37. The average Bonchev–Trinajstić information content (AvgIpc) is 3.32. The first-order valence-corrected chi connectivity index (χ1v) is 13.5. The number of nitrogens with one attached hydrogen (secondary N) is 1. The van der Waals surface area contributed by atoms with Crippen LogP contribution in [0.15, 0.2) is 28.7 Å². The van der Waals surface area contributed by atoms with Crippen molar-refractivity contribution >= 4 is 50.9 Å². The van der Waals surface area contributed by atoms with E-state index in [1.54, 1.807) is 37.3 Å². The van der Waals surface area contributed by atoms with Crippen molar-refractivity contribution in [1.29, 1.82) is 0 Å². The van der Waals surface area contributed by atoms with Gasteiger partial charge in [0.1, 0.15) is 11.3 Å². The second-order valence-electron chi connectivity index (χ2n) is 9.66. The van der Waals surface area contributed by atoms with Crippen LogP contribution in [-0.4, -0.2) is 57.5 Å². The van der Waals surface area contributed by atoms with E-state index < -0.39 is 5.54 Å². The van der Waals surface area contributed by atoms with Crippen LogP contribution in [0.25, 0.3) is 22.4 Å². The third-order valence-electron chi connectivity index (χ3n) is 7.28. The summed E-state index contributed by atoms with van der Waals surface area (Å²) in [6.45, 7) is 8.05. The number of aryl methyl sites for hydroxylation is 1. The van der Waals surface area contributed by atoms with Gasteiger partial charge < -0.3 is 14.5 Å². The zero-order valence-corrected chi connectivity index (χ0v) is 24.0. The first-order chi connectivity index (χ1) is 17.6. The minimum atomic E-state index is -0.971. The van der Waals surface area contributed by atoms with Gasteiger partial charge in [-0.1, -0.05) is 23.2 Å². The maximum Gasteiger partial charge on any atom is 0.275 e. The van der Waals surface area contributed by atoms with E-state index >= 15 is 0 Å². The van der Waals surface area contributed by atoms with Crippen molar-refractivity contribution in [3.63, 3.8) is 0 Å². The van der Waals surface area contributed by atoms with Gasteiger partial charge in [-0.2, -0.15) is 5.10 Å². The molecule has 1 N–H and O–H groups in total. The number of hydrogen-bond donors (Lipinski definition) is 1. The van der Waals surface area contributed by atoms with Crippen LogP contribution >= 0.6 is 39.1 Å². The number of hydrogen-bond acceptors (Lipinski definition) is 4. The molecule has 1 aliphatic heterocycles. The van der Waals surface area contributed by atoms with Crippen LogP contribution in [0.2, 0.25) is 10.0 Å². The molecule has 37 heavy (non-hydrogen) atoms. The van der Waals surface area contributed by atoms with E-state index in [9.17, 15) is 9.59 Å². The molecule has 0 saturated carbocycles. The fourth-order valence-electron chi connectivity index (χ4n) is 5.22. The molecule has 1 aliphatic carbocycles. The number of aromatic nitrogens is 2. The highest BCUT2D eigenvalue weighted by Gasteiger charge is 2.45. The van der Waals surface area contributed by atoms with Gasteiger partial charge in [-0.25, -0.2) is 0 Å². The lowest BCUT2D eigenvalue weighted by molar-refractivity contribution is -0.144. The number of halogens is 3. The lowest BCUT2D eigenvalue weighted by Crippen LogP contribution is -2.63. The Bertz CT molecular complexity index is 1410. The molecule has 7 nitrogen and oxygen atoms in total. The minimum absolute atomic E-state index is 0.104. The standard InChI is InChI=1S/C27H26BrCl2N4O3/c1-5-33-8-9-34(27(2,3)26(33)36)25(35)24-16-7-6-14-12-21(37-4)17(13-18(14)23(16)31-32-24)15-10-19(29)22(28)20(30)11-15/h5,10-13H,6-9H2,1-4H3,(H,31,32). The fourth-order valence-corrected chi connectivity index (χ4v) is 5.94. The molecule has 0 bridgehead atoms. The molecule has 3 aromatic rings. The molecule has 1 fully saturated rings. The van der Waals surface area contributed by atoms with Gasteiger partial charge in [0.05, 0.1) is 27.3 Å². The molecule has 0 atom stereocenters. The lowest BCUT2D eigenvalue weighted by atomic mass is 9.86. The van der Waals surface area contributed by atoms with Crippen LogP contribution < -0.4 is 4.74 Å². The Hall–Kier alpha value is -2.55. The summed E-state index contributed by atoms with van der Waals surface area (Å²) in [5, 5.41) is 8.56. The van der Waals surface area contributed by atoms with Crippen LogP contribution in [0.3, 0.4) is 0 Å². The number of benzene rings is 2. The molecule has 5 rings (SSSR count). The Labute approximate surface area is 234 Å². The van der Waals surface area contributed by atoms with E-state index in [2.05, 4.69) is 26.1 Å². The first kappa shape index (κ1) is 26.1. The molecular weight excluding hydrogens is 579 g/mol. The van der Waals surface area contributed by atoms with Crippen LogP contribution in [0.4, 0.5) is 0 Å². The van der Waals surface area contributed by atoms with Gasteiger partial charge in [0, 0.05) is 36.3 Å². The van der Waals surface area contributed by atoms with E-state index in [1.165, 1.54) is 0 Å². The van der Waals surface area contributed by atoms with Gasteiger partial charge in [0.15, 0.2) is 5.69 Å². The van der Waals surface area contributed by atoms with E-state index in [1.807, 2.05) is 31.2 Å².